The summed E-state index contributed by atoms with van der Waals surface area (Å²) in [7, 11) is 0. The van der Waals surface area contributed by atoms with Crippen LogP contribution in [0.25, 0.3) is 0 Å². The number of hydrogen-bond acceptors (Lipinski definition) is 5. The lowest BCUT2D eigenvalue weighted by Gasteiger charge is -2.09. The minimum Gasteiger partial charge on any atom is -0.494 e. The molecule has 0 aliphatic carbocycles. The highest BCUT2D eigenvalue weighted by Crippen LogP contribution is 2.17. The highest BCUT2D eigenvalue weighted by atomic mass is 19.4. The van der Waals surface area contributed by atoms with E-state index in [4.69, 9.17) is 4.74 Å². The number of benzene rings is 2. The lowest BCUT2D eigenvalue weighted by molar-refractivity contribution is -0.201. The maximum absolute atomic E-state index is 12.0. The summed E-state index contributed by atoms with van der Waals surface area (Å²) in [6.45, 7) is 1.23. The van der Waals surface area contributed by atoms with Crippen LogP contribution >= 0.6 is 0 Å². The van der Waals surface area contributed by atoms with Gasteiger partial charge in [-0.3, -0.25) is 4.79 Å². The molecule has 8 heteroatoms. The molecule has 0 saturated heterocycles. The number of alkyl halides is 3. The van der Waals surface area contributed by atoms with Gasteiger partial charge >= 0.3 is 18.1 Å². The van der Waals surface area contributed by atoms with E-state index >= 15 is 0 Å². The Labute approximate surface area is 173 Å². The molecule has 0 radical (unpaired) electrons. The molecule has 2 aromatic rings. The van der Waals surface area contributed by atoms with Crippen LogP contribution in [-0.4, -0.2) is 37.8 Å². The number of aryl methyl sites for hydroxylation is 1. The fraction of sp³-hybridized carbons (Fsp3) is 0.364. The van der Waals surface area contributed by atoms with Crippen LogP contribution in [0.2, 0.25) is 0 Å². The van der Waals surface area contributed by atoms with Crippen LogP contribution in [0.1, 0.15) is 24.0 Å². The summed E-state index contributed by atoms with van der Waals surface area (Å²) in [5, 5.41) is 2.93. The SMILES string of the molecule is O=C(CCNCCc1cccc(OCCCc2ccccc2)c1)OC(=O)C(F)(F)F. The van der Waals surface area contributed by atoms with Gasteiger partial charge in [-0.15, -0.1) is 0 Å². The van der Waals surface area contributed by atoms with E-state index in [1.807, 2.05) is 42.5 Å². The molecule has 1 N–H and O–H groups in total. The number of carbonyl (C=O) groups excluding carboxylic acids is 2. The molecule has 5 nitrogen and oxygen atoms in total. The van der Waals surface area contributed by atoms with E-state index in [0.717, 1.165) is 24.2 Å². The van der Waals surface area contributed by atoms with Gasteiger partial charge in [0.05, 0.1) is 13.0 Å². The van der Waals surface area contributed by atoms with E-state index in [-0.39, 0.29) is 13.0 Å². The van der Waals surface area contributed by atoms with Crippen molar-refractivity contribution in [3.8, 4) is 5.75 Å². The molecule has 0 bridgehead atoms. The predicted octanol–water partition coefficient (Wildman–Crippen LogP) is 3.85. The largest absolute Gasteiger partial charge is 0.494 e. The van der Waals surface area contributed by atoms with Gasteiger partial charge in [-0.25, -0.2) is 4.79 Å². The number of ether oxygens (including phenoxy) is 2. The molecule has 0 amide bonds. The van der Waals surface area contributed by atoms with Gasteiger partial charge in [0, 0.05) is 6.54 Å². The summed E-state index contributed by atoms with van der Waals surface area (Å²) in [4.78, 5) is 21.7. The summed E-state index contributed by atoms with van der Waals surface area (Å²) in [6, 6.07) is 17.8. The molecule has 0 aromatic heterocycles. The normalized spacial score (nSPS) is 11.2. The van der Waals surface area contributed by atoms with Gasteiger partial charge in [0.1, 0.15) is 5.75 Å². The highest BCUT2D eigenvalue weighted by Gasteiger charge is 2.42. The smallest absolute Gasteiger partial charge is 0.491 e. The molecular weight excluding hydrogens is 399 g/mol. The van der Waals surface area contributed by atoms with E-state index in [1.165, 1.54) is 5.56 Å². The van der Waals surface area contributed by atoms with Gasteiger partial charge in [0.2, 0.25) is 0 Å². The first-order chi connectivity index (χ1) is 14.3. The zero-order valence-corrected chi connectivity index (χ0v) is 16.4. The zero-order valence-electron chi connectivity index (χ0n) is 16.4. The number of halogens is 3. The molecule has 0 unspecified atom stereocenters. The second kappa shape index (κ2) is 12.0. The molecule has 0 heterocycles. The molecule has 0 aliphatic heterocycles. The number of nitrogens with one attached hydrogen (secondary N) is 1. The van der Waals surface area contributed by atoms with Gasteiger partial charge in [-0.2, -0.15) is 13.2 Å². The first kappa shape index (κ1) is 23.4. The zero-order chi connectivity index (χ0) is 21.8. The predicted molar refractivity (Wildman–Crippen MR) is 105 cm³/mol. The number of rotatable bonds is 11. The van der Waals surface area contributed by atoms with Crippen LogP contribution in [-0.2, 0) is 27.2 Å². The first-order valence-electron chi connectivity index (χ1n) is 9.63. The van der Waals surface area contributed by atoms with Crippen LogP contribution in [0.15, 0.2) is 54.6 Å². The third-order valence-corrected chi connectivity index (χ3v) is 4.15. The minimum absolute atomic E-state index is 0.111. The molecular formula is C22H24F3NO4. The van der Waals surface area contributed by atoms with Crippen molar-refractivity contribution in [2.75, 3.05) is 19.7 Å². The third-order valence-electron chi connectivity index (χ3n) is 4.15. The van der Waals surface area contributed by atoms with Crippen molar-refractivity contribution in [2.24, 2.45) is 0 Å². The fourth-order valence-electron chi connectivity index (χ4n) is 2.66. The molecule has 2 aromatic carbocycles. The van der Waals surface area contributed by atoms with Gasteiger partial charge in [0.25, 0.3) is 0 Å². The average Bonchev–Trinajstić information content (AvgIpc) is 2.71. The number of esters is 2. The van der Waals surface area contributed by atoms with Gasteiger partial charge in [-0.1, -0.05) is 42.5 Å². The van der Waals surface area contributed by atoms with E-state index in [9.17, 15) is 22.8 Å². The Kier molecular flexibility index (Phi) is 9.34. The van der Waals surface area contributed by atoms with E-state index in [1.54, 1.807) is 0 Å². The van der Waals surface area contributed by atoms with Crippen LogP contribution in [0, 0.1) is 0 Å². The molecule has 0 saturated carbocycles. The molecule has 162 valence electrons. The van der Waals surface area contributed by atoms with Gasteiger partial charge in [0.15, 0.2) is 0 Å². The average molecular weight is 423 g/mol. The molecule has 30 heavy (non-hydrogen) atoms. The second-order valence-corrected chi connectivity index (χ2v) is 6.59. The molecule has 0 aliphatic rings. The summed E-state index contributed by atoms with van der Waals surface area (Å²) in [5.74, 6) is -2.93. The maximum atomic E-state index is 12.0. The van der Waals surface area contributed by atoms with Crippen molar-refractivity contribution in [3.05, 3.63) is 65.7 Å². The third kappa shape index (κ3) is 9.09. The van der Waals surface area contributed by atoms with Crippen molar-refractivity contribution in [1.29, 1.82) is 0 Å². The van der Waals surface area contributed by atoms with Crippen LogP contribution in [0.5, 0.6) is 5.75 Å². The fourth-order valence-corrected chi connectivity index (χ4v) is 2.66. The second-order valence-electron chi connectivity index (χ2n) is 6.59. The van der Waals surface area contributed by atoms with Crippen LogP contribution < -0.4 is 10.1 Å². The van der Waals surface area contributed by atoms with Crippen LogP contribution in [0.4, 0.5) is 13.2 Å². The number of carbonyl (C=O) groups is 2. The monoisotopic (exact) mass is 423 g/mol. The number of hydrogen-bond donors (Lipinski definition) is 1. The Morgan fingerprint density at radius 2 is 1.63 bits per heavy atom. The van der Waals surface area contributed by atoms with Crippen LogP contribution in [0.3, 0.4) is 0 Å². The topological polar surface area (TPSA) is 64.6 Å². The Balaban J connectivity index is 1.61. The van der Waals surface area contributed by atoms with E-state index in [0.29, 0.717) is 19.6 Å². The van der Waals surface area contributed by atoms with Crippen molar-refractivity contribution >= 4 is 11.9 Å². The van der Waals surface area contributed by atoms with E-state index < -0.39 is 18.1 Å². The van der Waals surface area contributed by atoms with Crippen molar-refractivity contribution in [2.45, 2.75) is 31.9 Å². The quantitative estimate of drug-likeness (QED) is 0.338. The molecule has 2 rings (SSSR count). The Bertz CT molecular complexity index is 810. The Morgan fingerprint density at radius 1 is 0.900 bits per heavy atom. The van der Waals surface area contributed by atoms with E-state index in [2.05, 4.69) is 22.2 Å². The van der Waals surface area contributed by atoms with Gasteiger partial charge in [-0.05, 0) is 49.1 Å². The lowest BCUT2D eigenvalue weighted by atomic mass is 10.1. The molecule has 0 spiro atoms. The molecule has 0 fully saturated rings. The summed E-state index contributed by atoms with van der Waals surface area (Å²) >= 11 is 0. The van der Waals surface area contributed by atoms with Crippen molar-refractivity contribution in [3.63, 3.8) is 0 Å². The lowest BCUT2D eigenvalue weighted by Crippen LogP contribution is -2.29. The summed E-state index contributed by atoms with van der Waals surface area (Å²) < 4.78 is 45.5. The van der Waals surface area contributed by atoms with Gasteiger partial charge < -0.3 is 14.8 Å². The summed E-state index contributed by atoms with van der Waals surface area (Å²) in [6.07, 6.45) is -2.99. The first-order valence-corrected chi connectivity index (χ1v) is 9.63. The Morgan fingerprint density at radius 3 is 2.37 bits per heavy atom. The standard InChI is InChI=1S/C22H24F3NO4/c23-22(24,25)21(28)30-20(27)12-14-26-13-11-18-8-4-10-19(16-18)29-15-5-9-17-6-2-1-3-7-17/h1-4,6-8,10,16,26H,5,9,11-15H2. The van der Waals surface area contributed by atoms with Crippen molar-refractivity contribution < 1.29 is 32.2 Å². The maximum Gasteiger partial charge on any atom is 0.491 e. The van der Waals surface area contributed by atoms with Crippen molar-refractivity contribution in [1.82, 2.24) is 5.32 Å². The highest BCUT2D eigenvalue weighted by molar-refractivity contribution is 5.88. The minimum atomic E-state index is -5.17. The molecule has 0 atom stereocenters. The Hall–Kier alpha value is -2.87. The summed E-state index contributed by atoms with van der Waals surface area (Å²) in [5.41, 5.74) is 2.30.